The van der Waals surface area contributed by atoms with Gasteiger partial charge in [0.25, 0.3) is 0 Å². The van der Waals surface area contributed by atoms with Gasteiger partial charge in [-0.3, -0.25) is 4.79 Å². The molecule has 4 heteroatoms. The topological polar surface area (TPSA) is 26.3 Å². The second kappa shape index (κ2) is 5.31. The molecule has 0 unspecified atom stereocenters. The van der Waals surface area contributed by atoms with E-state index >= 15 is 0 Å². The van der Waals surface area contributed by atoms with Gasteiger partial charge in [0.15, 0.2) is 17.3 Å². The largest absolute Gasteiger partial charge is 0.493 e. The second-order valence-corrected chi connectivity index (χ2v) is 4.49. The van der Waals surface area contributed by atoms with E-state index in [0.717, 1.165) is 0 Å². The highest BCUT2D eigenvalue weighted by atomic mass is 79.9. The van der Waals surface area contributed by atoms with E-state index < -0.39 is 5.82 Å². The van der Waals surface area contributed by atoms with E-state index in [-0.39, 0.29) is 21.6 Å². The fourth-order valence-corrected chi connectivity index (χ4v) is 1.97. The fraction of sp³-hybridized carbons (Fsp3) is 0.0714. The minimum absolute atomic E-state index is 0.0433. The first-order chi connectivity index (χ1) is 8.65. The lowest BCUT2D eigenvalue weighted by molar-refractivity contribution is 0.103. The van der Waals surface area contributed by atoms with E-state index in [4.69, 9.17) is 4.74 Å². The Kier molecular flexibility index (Phi) is 3.77. The summed E-state index contributed by atoms with van der Waals surface area (Å²) in [6.45, 7) is 0. The van der Waals surface area contributed by atoms with E-state index in [1.165, 1.54) is 13.2 Å². The van der Waals surface area contributed by atoms with Crippen LogP contribution < -0.4 is 4.74 Å². The smallest absolute Gasteiger partial charge is 0.196 e. The maximum absolute atomic E-state index is 13.8. The first-order valence-electron chi connectivity index (χ1n) is 5.27. The number of halogens is 2. The van der Waals surface area contributed by atoms with Crippen molar-refractivity contribution in [2.24, 2.45) is 0 Å². The molecule has 0 aliphatic carbocycles. The molecule has 2 aromatic rings. The number of ketones is 1. The van der Waals surface area contributed by atoms with Crippen molar-refractivity contribution in [1.29, 1.82) is 0 Å². The number of ether oxygens (including phenoxy) is 1. The summed E-state index contributed by atoms with van der Waals surface area (Å²) in [6.07, 6.45) is 0. The van der Waals surface area contributed by atoms with Crippen LogP contribution in [0.25, 0.3) is 0 Å². The number of benzene rings is 2. The summed E-state index contributed by atoms with van der Waals surface area (Å²) in [7, 11) is 1.34. The molecule has 0 radical (unpaired) electrons. The molecule has 0 aliphatic heterocycles. The van der Waals surface area contributed by atoms with E-state index in [9.17, 15) is 9.18 Å². The molecule has 0 saturated heterocycles. The SMILES string of the molecule is COc1c(C(=O)c2ccccc2)ccc(Br)c1F. The Bertz CT molecular complexity index is 582. The van der Waals surface area contributed by atoms with Crippen molar-refractivity contribution in [3.63, 3.8) is 0 Å². The van der Waals surface area contributed by atoms with Crippen LogP contribution in [0.5, 0.6) is 5.75 Å². The summed E-state index contributed by atoms with van der Waals surface area (Å²) in [5, 5.41) is 0. The Morgan fingerprint density at radius 3 is 2.44 bits per heavy atom. The number of methoxy groups -OCH3 is 1. The van der Waals surface area contributed by atoms with Gasteiger partial charge in [0, 0.05) is 5.56 Å². The van der Waals surface area contributed by atoms with E-state index in [2.05, 4.69) is 15.9 Å². The average molecular weight is 309 g/mol. The minimum Gasteiger partial charge on any atom is -0.493 e. The Morgan fingerprint density at radius 2 is 1.83 bits per heavy atom. The zero-order valence-electron chi connectivity index (χ0n) is 9.61. The molecule has 2 aromatic carbocycles. The highest BCUT2D eigenvalue weighted by Crippen LogP contribution is 2.30. The van der Waals surface area contributed by atoms with Crippen molar-refractivity contribution in [3.8, 4) is 5.75 Å². The van der Waals surface area contributed by atoms with Gasteiger partial charge in [0.2, 0.25) is 0 Å². The summed E-state index contributed by atoms with van der Waals surface area (Å²) in [5.41, 5.74) is 0.710. The van der Waals surface area contributed by atoms with Crippen molar-refractivity contribution >= 4 is 21.7 Å². The number of hydrogen-bond acceptors (Lipinski definition) is 2. The number of rotatable bonds is 3. The van der Waals surface area contributed by atoms with Gasteiger partial charge in [0.1, 0.15) is 0 Å². The quantitative estimate of drug-likeness (QED) is 0.806. The summed E-state index contributed by atoms with van der Waals surface area (Å²) >= 11 is 3.06. The van der Waals surface area contributed by atoms with Crippen LogP contribution in [-0.2, 0) is 0 Å². The third-order valence-electron chi connectivity index (χ3n) is 2.53. The first-order valence-corrected chi connectivity index (χ1v) is 6.06. The van der Waals surface area contributed by atoms with Crippen LogP contribution in [0.4, 0.5) is 4.39 Å². The van der Waals surface area contributed by atoms with E-state index in [0.29, 0.717) is 5.56 Å². The number of hydrogen-bond donors (Lipinski definition) is 0. The summed E-state index contributed by atoms with van der Waals surface area (Å²) in [4.78, 5) is 12.2. The third kappa shape index (κ3) is 2.29. The molecule has 0 heterocycles. The lowest BCUT2D eigenvalue weighted by Gasteiger charge is -2.09. The highest BCUT2D eigenvalue weighted by Gasteiger charge is 2.19. The van der Waals surface area contributed by atoms with Crippen molar-refractivity contribution in [1.82, 2.24) is 0 Å². The highest BCUT2D eigenvalue weighted by molar-refractivity contribution is 9.10. The lowest BCUT2D eigenvalue weighted by Crippen LogP contribution is -2.05. The molecule has 0 saturated carbocycles. The summed E-state index contributed by atoms with van der Waals surface area (Å²) < 4.78 is 19.1. The average Bonchev–Trinajstić information content (AvgIpc) is 2.42. The summed E-state index contributed by atoms with van der Waals surface area (Å²) in [5.74, 6) is -0.878. The van der Waals surface area contributed by atoms with Crippen LogP contribution in [0, 0.1) is 5.82 Å². The van der Waals surface area contributed by atoms with Gasteiger partial charge in [-0.05, 0) is 28.1 Å². The number of carbonyl (C=O) groups excluding carboxylic acids is 1. The Hall–Kier alpha value is -1.68. The van der Waals surface area contributed by atoms with Crippen LogP contribution >= 0.6 is 15.9 Å². The van der Waals surface area contributed by atoms with Crippen LogP contribution in [0.3, 0.4) is 0 Å². The van der Waals surface area contributed by atoms with E-state index in [1.54, 1.807) is 30.3 Å². The van der Waals surface area contributed by atoms with Gasteiger partial charge in [-0.15, -0.1) is 0 Å². The molecule has 92 valence electrons. The van der Waals surface area contributed by atoms with Gasteiger partial charge < -0.3 is 4.74 Å². The molecule has 0 amide bonds. The molecule has 0 aromatic heterocycles. The van der Waals surface area contributed by atoms with Crippen LogP contribution in [0.2, 0.25) is 0 Å². The molecule has 0 N–H and O–H groups in total. The third-order valence-corrected chi connectivity index (χ3v) is 3.15. The van der Waals surface area contributed by atoms with Crippen LogP contribution in [-0.4, -0.2) is 12.9 Å². The van der Waals surface area contributed by atoms with Crippen molar-refractivity contribution in [3.05, 3.63) is 63.9 Å². The maximum atomic E-state index is 13.8. The fourth-order valence-electron chi connectivity index (χ4n) is 1.66. The molecule has 2 rings (SSSR count). The van der Waals surface area contributed by atoms with Crippen LogP contribution in [0.1, 0.15) is 15.9 Å². The molecule has 0 fully saturated rings. The van der Waals surface area contributed by atoms with Crippen molar-refractivity contribution in [2.45, 2.75) is 0 Å². The van der Waals surface area contributed by atoms with Gasteiger partial charge in [-0.2, -0.15) is 0 Å². The normalized spacial score (nSPS) is 10.2. The zero-order chi connectivity index (χ0) is 13.1. The van der Waals surface area contributed by atoms with Crippen LogP contribution in [0.15, 0.2) is 46.9 Å². The summed E-state index contributed by atoms with van der Waals surface area (Å²) in [6, 6.07) is 11.7. The second-order valence-electron chi connectivity index (χ2n) is 3.64. The van der Waals surface area contributed by atoms with Gasteiger partial charge in [0.05, 0.1) is 17.1 Å². The Labute approximate surface area is 113 Å². The van der Waals surface area contributed by atoms with Gasteiger partial charge in [-0.25, -0.2) is 4.39 Å². The Balaban J connectivity index is 2.52. The Morgan fingerprint density at radius 1 is 1.17 bits per heavy atom. The monoisotopic (exact) mass is 308 g/mol. The van der Waals surface area contributed by atoms with Gasteiger partial charge >= 0.3 is 0 Å². The number of carbonyl (C=O) groups is 1. The molecule has 2 nitrogen and oxygen atoms in total. The van der Waals surface area contributed by atoms with Gasteiger partial charge in [-0.1, -0.05) is 30.3 Å². The van der Waals surface area contributed by atoms with Crippen molar-refractivity contribution in [2.75, 3.05) is 7.11 Å². The molecule has 18 heavy (non-hydrogen) atoms. The molecular formula is C14H10BrFO2. The molecule has 0 aliphatic rings. The lowest BCUT2D eigenvalue weighted by atomic mass is 10.0. The molecular weight excluding hydrogens is 299 g/mol. The molecule has 0 atom stereocenters. The predicted molar refractivity (Wildman–Crippen MR) is 70.5 cm³/mol. The maximum Gasteiger partial charge on any atom is 0.196 e. The predicted octanol–water partition coefficient (Wildman–Crippen LogP) is 3.83. The van der Waals surface area contributed by atoms with Crippen molar-refractivity contribution < 1.29 is 13.9 Å². The first kappa shape index (κ1) is 12.8. The standard InChI is InChI=1S/C14H10BrFO2/c1-18-14-10(7-8-11(15)12(14)16)13(17)9-5-3-2-4-6-9/h2-8H,1H3. The minimum atomic E-state index is -0.570. The molecule has 0 spiro atoms. The zero-order valence-corrected chi connectivity index (χ0v) is 11.2. The molecule has 0 bridgehead atoms. The van der Waals surface area contributed by atoms with E-state index in [1.807, 2.05) is 6.07 Å².